The number of aliphatic hydroxyl groups is 1. The van der Waals surface area contributed by atoms with Gasteiger partial charge in [0.05, 0.1) is 18.2 Å². The maximum Gasteiger partial charge on any atom is 0.295 e. The highest BCUT2D eigenvalue weighted by Crippen LogP contribution is 2.40. The SMILES string of the molecule is CCCCCOc1ccc(C2/C(=C(\O)c3ccc(OCc4ccccc4C)cc3)C(=O)C(=O)N2CCN(CC)CC)cc1. The number of likely N-dealkylation sites (N-methyl/N-ethyl adjacent to an activating group) is 1. The van der Waals surface area contributed by atoms with E-state index < -0.39 is 17.7 Å². The van der Waals surface area contributed by atoms with Crippen LogP contribution in [0.4, 0.5) is 0 Å². The third kappa shape index (κ3) is 7.85. The van der Waals surface area contributed by atoms with Crippen molar-refractivity contribution >= 4 is 17.4 Å². The van der Waals surface area contributed by atoms with Crippen LogP contribution >= 0.6 is 0 Å². The number of aliphatic hydroxyl groups excluding tert-OH is 1. The molecule has 0 spiro atoms. The average molecular weight is 585 g/mol. The fourth-order valence-electron chi connectivity index (χ4n) is 5.33. The molecule has 1 aliphatic rings. The number of carbonyl (C=O) groups is 2. The van der Waals surface area contributed by atoms with Crippen molar-refractivity contribution in [3.8, 4) is 11.5 Å². The van der Waals surface area contributed by atoms with Gasteiger partial charge in [0.25, 0.3) is 11.7 Å². The zero-order valence-electron chi connectivity index (χ0n) is 25.8. The Bertz CT molecular complexity index is 1390. The van der Waals surface area contributed by atoms with E-state index in [1.165, 1.54) is 0 Å². The summed E-state index contributed by atoms with van der Waals surface area (Å²) in [7, 11) is 0. The van der Waals surface area contributed by atoms with E-state index in [1.54, 1.807) is 29.2 Å². The number of nitrogens with zero attached hydrogens (tertiary/aromatic N) is 2. The quantitative estimate of drug-likeness (QED) is 0.0906. The van der Waals surface area contributed by atoms with E-state index in [-0.39, 0.29) is 11.3 Å². The maximum atomic E-state index is 13.5. The minimum Gasteiger partial charge on any atom is -0.507 e. The number of benzene rings is 3. The van der Waals surface area contributed by atoms with Crippen LogP contribution in [0.3, 0.4) is 0 Å². The number of ketones is 1. The van der Waals surface area contributed by atoms with Gasteiger partial charge in [0.2, 0.25) is 0 Å². The number of hydrogen-bond acceptors (Lipinski definition) is 6. The van der Waals surface area contributed by atoms with E-state index in [0.717, 1.165) is 54.8 Å². The highest BCUT2D eigenvalue weighted by Gasteiger charge is 2.46. The molecule has 4 rings (SSSR count). The normalized spacial score (nSPS) is 16.2. The van der Waals surface area contributed by atoms with Crippen molar-refractivity contribution < 1.29 is 24.2 Å². The van der Waals surface area contributed by atoms with Crippen molar-refractivity contribution in [1.29, 1.82) is 0 Å². The Balaban J connectivity index is 1.61. The van der Waals surface area contributed by atoms with Crippen molar-refractivity contribution in [2.24, 2.45) is 0 Å². The number of aryl methyl sites for hydroxylation is 1. The molecule has 1 heterocycles. The van der Waals surface area contributed by atoms with Crippen molar-refractivity contribution in [1.82, 2.24) is 9.80 Å². The number of Topliss-reactive ketones (excluding diaryl/α,β-unsaturated/α-hetero) is 1. The van der Waals surface area contributed by atoms with E-state index in [1.807, 2.05) is 55.5 Å². The van der Waals surface area contributed by atoms with E-state index in [9.17, 15) is 14.7 Å². The second kappa shape index (κ2) is 15.4. The van der Waals surface area contributed by atoms with Gasteiger partial charge >= 0.3 is 0 Å². The van der Waals surface area contributed by atoms with E-state index in [4.69, 9.17) is 9.47 Å². The molecular weight excluding hydrogens is 540 g/mol. The number of rotatable bonds is 15. The lowest BCUT2D eigenvalue weighted by Crippen LogP contribution is -2.38. The number of unbranched alkanes of at least 4 members (excludes halogenated alkanes) is 2. The van der Waals surface area contributed by atoms with Crippen LogP contribution in [0.25, 0.3) is 5.76 Å². The van der Waals surface area contributed by atoms with Crippen molar-refractivity contribution in [2.75, 3.05) is 32.8 Å². The monoisotopic (exact) mass is 584 g/mol. The van der Waals surface area contributed by atoms with Gasteiger partial charge in [-0.1, -0.05) is 70.0 Å². The fraction of sp³-hybridized carbons (Fsp3) is 0.389. The summed E-state index contributed by atoms with van der Waals surface area (Å²) in [5, 5.41) is 11.5. The van der Waals surface area contributed by atoms with Crippen LogP contribution in [0, 0.1) is 6.92 Å². The molecule has 0 radical (unpaired) electrons. The number of carbonyl (C=O) groups excluding carboxylic acids is 2. The summed E-state index contributed by atoms with van der Waals surface area (Å²) < 4.78 is 11.8. The first-order valence-corrected chi connectivity index (χ1v) is 15.4. The number of ether oxygens (including phenoxy) is 2. The molecule has 0 aliphatic carbocycles. The minimum atomic E-state index is -0.707. The highest BCUT2D eigenvalue weighted by molar-refractivity contribution is 6.46. The lowest BCUT2D eigenvalue weighted by atomic mass is 9.95. The molecule has 1 atom stereocenters. The first-order chi connectivity index (χ1) is 20.9. The molecule has 1 unspecified atom stereocenters. The number of hydrogen-bond donors (Lipinski definition) is 1. The Morgan fingerprint density at radius 2 is 1.51 bits per heavy atom. The number of amides is 1. The van der Waals surface area contributed by atoms with Gasteiger partial charge < -0.3 is 24.4 Å². The second-order valence-electron chi connectivity index (χ2n) is 10.9. The van der Waals surface area contributed by atoms with Gasteiger partial charge in [0.1, 0.15) is 23.9 Å². The predicted molar refractivity (Wildman–Crippen MR) is 170 cm³/mol. The molecule has 1 saturated heterocycles. The predicted octanol–water partition coefficient (Wildman–Crippen LogP) is 6.91. The summed E-state index contributed by atoms with van der Waals surface area (Å²) in [5.41, 5.74) is 3.54. The number of likely N-dealkylation sites (tertiary alicyclic amines) is 1. The lowest BCUT2D eigenvalue weighted by Gasteiger charge is -2.28. The lowest BCUT2D eigenvalue weighted by molar-refractivity contribution is -0.140. The molecule has 43 heavy (non-hydrogen) atoms. The summed E-state index contributed by atoms with van der Waals surface area (Å²) in [6, 6.07) is 21.8. The van der Waals surface area contributed by atoms with E-state index >= 15 is 0 Å². The second-order valence-corrected chi connectivity index (χ2v) is 10.9. The minimum absolute atomic E-state index is 0.0924. The molecule has 7 nitrogen and oxygen atoms in total. The van der Waals surface area contributed by atoms with Gasteiger partial charge in [-0.15, -0.1) is 0 Å². The molecule has 7 heteroatoms. The molecule has 0 bridgehead atoms. The Morgan fingerprint density at radius 3 is 2.16 bits per heavy atom. The topological polar surface area (TPSA) is 79.3 Å². The summed E-state index contributed by atoms with van der Waals surface area (Å²) in [6.45, 7) is 12.1. The van der Waals surface area contributed by atoms with Gasteiger partial charge in [-0.3, -0.25) is 9.59 Å². The highest BCUT2D eigenvalue weighted by atomic mass is 16.5. The van der Waals surface area contributed by atoms with Crippen LogP contribution in [-0.4, -0.2) is 59.4 Å². The van der Waals surface area contributed by atoms with Gasteiger partial charge in [0.15, 0.2) is 0 Å². The first-order valence-electron chi connectivity index (χ1n) is 15.4. The van der Waals surface area contributed by atoms with Crippen LogP contribution in [0.2, 0.25) is 0 Å². The Morgan fingerprint density at radius 1 is 0.860 bits per heavy atom. The fourth-order valence-corrected chi connectivity index (χ4v) is 5.33. The van der Waals surface area contributed by atoms with E-state index in [0.29, 0.717) is 37.6 Å². The summed E-state index contributed by atoms with van der Waals surface area (Å²) in [5.74, 6) is -0.0931. The van der Waals surface area contributed by atoms with Crippen molar-refractivity contribution in [3.63, 3.8) is 0 Å². The van der Waals surface area contributed by atoms with Crippen LogP contribution in [0.1, 0.15) is 68.3 Å². The molecule has 1 amide bonds. The Labute approximate surface area is 255 Å². The largest absolute Gasteiger partial charge is 0.507 e. The van der Waals surface area contributed by atoms with Gasteiger partial charge in [-0.05, 0) is 79.5 Å². The standard InChI is InChI=1S/C36H44N2O5/c1-5-8-11-24-42-30-18-14-27(15-19-30)33-32(35(40)36(41)38(33)23-22-37(6-2)7-3)34(39)28-16-20-31(21-17-28)43-25-29-13-10-9-12-26(29)4/h9-10,12-21,33,39H,5-8,11,22-25H2,1-4H3/b34-32+. The Kier molecular flexibility index (Phi) is 11.4. The first kappa shape index (κ1) is 31.8. The van der Waals surface area contributed by atoms with Gasteiger partial charge in [-0.25, -0.2) is 0 Å². The molecule has 3 aromatic rings. The van der Waals surface area contributed by atoms with Crippen molar-refractivity contribution in [3.05, 3.63) is 101 Å². The molecule has 3 aromatic carbocycles. The zero-order valence-corrected chi connectivity index (χ0v) is 25.8. The third-order valence-corrected chi connectivity index (χ3v) is 8.09. The molecule has 0 aromatic heterocycles. The van der Waals surface area contributed by atoms with E-state index in [2.05, 4.69) is 25.7 Å². The molecule has 0 saturated carbocycles. The van der Waals surface area contributed by atoms with Gasteiger partial charge in [0, 0.05) is 18.7 Å². The summed E-state index contributed by atoms with van der Waals surface area (Å²) in [6.07, 6.45) is 3.22. The smallest absolute Gasteiger partial charge is 0.295 e. The molecule has 1 aliphatic heterocycles. The zero-order chi connectivity index (χ0) is 30.8. The average Bonchev–Trinajstić information content (AvgIpc) is 3.28. The molecule has 1 N–H and O–H groups in total. The van der Waals surface area contributed by atoms with Gasteiger partial charge in [-0.2, -0.15) is 0 Å². The third-order valence-electron chi connectivity index (χ3n) is 8.09. The summed E-state index contributed by atoms with van der Waals surface area (Å²) >= 11 is 0. The summed E-state index contributed by atoms with van der Waals surface area (Å²) in [4.78, 5) is 30.6. The maximum absolute atomic E-state index is 13.5. The van der Waals surface area contributed by atoms with Crippen LogP contribution in [0.5, 0.6) is 11.5 Å². The Hall–Kier alpha value is -4.10. The van der Waals surface area contributed by atoms with Crippen LogP contribution < -0.4 is 9.47 Å². The molecular formula is C36H44N2O5. The van der Waals surface area contributed by atoms with Crippen LogP contribution in [-0.2, 0) is 16.2 Å². The van der Waals surface area contributed by atoms with Crippen molar-refractivity contribution in [2.45, 2.75) is 59.6 Å². The molecule has 1 fully saturated rings. The molecule has 228 valence electrons. The van der Waals surface area contributed by atoms with Crippen LogP contribution in [0.15, 0.2) is 78.4 Å².